The van der Waals surface area contributed by atoms with Crippen molar-refractivity contribution in [3.05, 3.63) is 65.0 Å². The van der Waals surface area contributed by atoms with Crippen molar-refractivity contribution in [1.82, 2.24) is 14.7 Å². The van der Waals surface area contributed by atoms with Gasteiger partial charge in [-0.25, -0.2) is 4.39 Å². The average molecular weight is 456 g/mol. The van der Waals surface area contributed by atoms with Crippen molar-refractivity contribution in [3.63, 3.8) is 0 Å². The number of methoxy groups -OCH3 is 1. The Labute approximate surface area is 195 Å². The SMILES string of the molecule is COc1ccc(CN2CCN(C(=O)c3ccc(CN4CC(C)OC(C)C4)cc3)CC2)cc1F. The first-order chi connectivity index (χ1) is 15.9. The molecule has 2 heterocycles. The Hall–Kier alpha value is -2.48. The molecule has 0 bridgehead atoms. The van der Waals surface area contributed by atoms with Crippen molar-refractivity contribution in [2.24, 2.45) is 0 Å². The molecule has 0 saturated carbocycles. The van der Waals surface area contributed by atoms with Gasteiger partial charge in [0.15, 0.2) is 11.6 Å². The molecule has 2 aromatic carbocycles. The normalized spacial score (nSPS) is 22.4. The highest BCUT2D eigenvalue weighted by atomic mass is 19.1. The van der Waals surface area contributed by atoms with Crippen molar-refractivity contribution in [2.75, 3.05) is 46.4 Å². The van der Waals surface area contributed by atoms with E-state index in [0.717, 1.165) is 43.9 Å². The number of morpholine rings is 1. The second-order valence-electron chi connectivity index (χ2n) is 9.19. The van der Waals surface area contributed by atoms with E-state index in [-0.39, 0.29) is 29.7 Å². The van der Waals surface area contributed by atoms with Crippen molar-refractivity contribution in [3.8, 4) is 5.75 Å². The second-order valence-corrected chi connectivity index (χ2v) is 9.19. The van der Waals surface area contributed by atoms with E-state index in [2.05, 4.69) is 35.8 Å². The predicted molar refractivity (Wildman–Crippen MR) is 126 cm³/mol. The van der Waals surface area contributed by atoms with Gasteiger partial charge in [-0.05, 0) is 49.2 Å². The summed E-state index contributed by atoms with van der Waals surface area (Å²) in [5.41, 5.74) is 2.85. The first-order valence-corrected chi connectivity index (χ1v) is 11.7. The van der Waals surface area contributed by atoms with Gasteiger partial charge in [0, 0.05) is 57.9 Å². The van der Waals surface area contributed by atoms with Crippen molar-refractivity contribution in [2.45, 2.75) is 39.1 Å². The number of piperazine rings is 1. The molecule has 2 aliphatic heterocycles. The monoisotopic (exact) mass is 455 g/mol. The second kappa shape index (κ2) is 10.6. The van der Waals surface area contributed by atoms with Crippen molar-refractivity contribution >= 4 is 5.91 Å². The van der Waals surface area contributed by atoms with Crippen molar-refractivity contribution in [1.29, 1.82) is 0 Å². The topological polar surface area (TPSA) is 45.2 Å². The number of carbonyl (C=O) groups excluding carboxylic acids is 1. The Morgan fingerprint density at radius 2 is 1.55 bits per heavy atom. The Morgan fingerprint density at radius 1 is 0.939 bits per heavy atom. The fourth-order valence-electron chi connectivity index (χ4n) is 4.78. The lowest BCUT2D eigenvalue weighted by molar-refractivity contribution is -0.0704. The fourth-order valence-corrected chi connectivity index (χ4v) is 4.78. The van der Waals surface area contributed by atoms with E-state index in [1.165, 1.54) is 18.7 Å². The molecular weight excluding hydrogens is 421 g/mol. The minimum absolute atomic E-state index is 0.0744. The van der Waals surface area contributed by atoms with Gasteiger partial charge in [0.2, 0.25) is 0 Å². The van der Waals surface area contributed by atoms with E-state index in [0.29, 0.717) is 19.6 Å². The number of halogens is 1. The summed E-state index contributed by atoms with van der Waals surface area (Å²) >= 11 is 0. The van der Waals surface area contributed by atoms with Crippen LogP contribution in [0.5, 0.6) is 5.75 Å². The van der Waals surface area contributed by atoms with Crippen LogP contribution in [0, 0.1) is 5.82 Å². The summed E-state index contributed by atoms with van der Waals surface area (Å²) in [6, 6.07) is 13.1. The predicted octanol–water partition coefficient (Wildman–Crippen LogP) is 3.40. The number of carbonyl (C=O) groups is 1. The molecule has 4 rings (SSSR count). The van der Waals surface area contributed by atoms with E-state index in [1.807, 2.05) is 23.1 Å². The van der Waals surface area contributed by atoms with Crippen LogP contribution >= 0.6 is 0 Å². The lowest BCUT2D eigenvalue weighted by atomic mass is 10.1. The molecule has 0 aromatic heterocycles. The van der Waals surface area contributed by atoms with Crippen LogP contribution in [-0.2, 0) is 17.8 Å². The lowest BCUT2D eigenvalue weighted by Gasteiger charge is -2.35. The smallest absolute Gasteiger partial charge is 0.253 e. The summed E-state index contributed by atoms with van der Waals surface area (Å²) in [5, 5.41) is 0. The van der Waals surface area contributed by atoms with Crippen LogP contribution in [0.1, 0.15) is 35.3 Å². The van der Waals surface area contributed by atoms with Crippen LogP contribution < -0.4 is 4.74 Å². The van der Waals surface area contributed by atoms with Gasteiger partial charge in [-0.1, -0.05) is 18.2 Å². The number of nitrogens with zero attached hydrogens (tertiary/aromatic N) is 3. The molecule has 6 nitrogen and oxygen atoms in total. The Bertz CT molecular complexity index is 934. The molecule has 2 saturated heterocycles. The third kappa shape index (κ3) is 6.10. The van der Waals surface area contributed by atoms with Crippen LogP contribution in [0.3, 0.4) is 0 Å². The van der Waals surface area contributed by atoms with E-state index in [4.69, 9.17) is 9.47 Å². The van der Waals surface area contributed by atoms with Crippen LogP contribution in [0.4, 0.5) is 4.39 Å². The summed E-state index contributed by atoms with van der Waals surface area (Å²) in [4.78, 5) is 19.5. The molecule has 178 valence electrons. The Kier molecular flexibility index (Phi) is 7.63. The molecule has 2 aromatic rings. The zero-order chi connectivity index (χ0) is 23.4. The minimum atomic E-state index is -0.343. The summed E-state index contributed by atoms with van der Waals surface area (Å²) in [5.74, 6) is -0.00976. The van der Waals surface area contributed by atoms with Crippen LogP contribution in [0.2, 0.25) is 0 Å². The third-order valence-electron chi connectivity index (χ3n) is 6.38. The molecule has 2 fully saturated rings. The number of rotatable bonds is 6. The molecule has 0 aliphatic carbocycles. The number of hydrogen-bond donors (Lipinski definition) is 0. The van der Waals surface area contributed by atoms with E-state index >= 15 is 0 Å². The molecule has 0 radical (unpaired) electrons. The molecule has 2 aliphatic rings. The highest BCUT2D eigenvalue weighted by molar-refractivity contribution is 5.94. The van der Waals surface area contributed by atoms with Gasteiger partial charge in [0.1, 0.15) is 0 Å². The number of amides is 1. The molecule has 1 amide bonds. The summed E-state index contributed by atoms with van der Waals surface area (Å²) in [6.07, 6.45) is 0.494. The fraction of sp³-hybridized carbons (Fsp3) is 0.500. The number of ether oxygens (including phenoxy) is 2. The van der Waals surface area contributed by atoms with Gasteiger partial charge in [-0.15, -0.1) is 0 Å². The standard InChI is InChI=1S/C26H34FN3O3/c1-19-15-29(16-20(2)33-19)17-21-4-7-23(8-5-21)26(31)30-12-10-28(11-13-30)18-22-6-9-25(32-3)24(27)14-22/h4-9,14,19-20H,10-13,15-18H2,1-3H3. The summed E-state index contributed by atoms with van der Waals surface area (Å²) < 4.78 is 24.7. The molecule has 0 spiro atoms. The minimum Gasteiger partial charge on any atom is -0.494 e. The third-order valence-corrected chi connectivity index (χ3v) is 6.38. The maximum Gasteiger partial charge on any atom is 0.253 e. The molecule has 7 heteroatoms. The van der Waals surface area contributed by atoms with Crippen molar-refractivity contribution < 1.29 is 18.7 Å². The van der Waals surface area contributed by atoms with Gasteiger partial charge >= 0.3 is 0 Å². The average Bonchev–Trinajstić information content (AvgIpc) is 2.79. The molecular formula is C26H34FN3O3. The molecule has 33 heavy (non-hydrogen) atoms. The Morgan fingerprint density at radius 3 is 2.15 bits per heavy atom. The maximum absolute atomic E-state index is 13.9. The lowest BCUT2D eigenvalue weighted by Crippen LogP contribution is -2.48. The summed E-state index contributed by atoms with van der Waals surface area (Å²) in [7, 11) is 1.47. The highest BCUT2D eigenvalue weighted by Crippen LogP contribution is 2.20. The van der Waals surface area contributed by atoms with E-state index in [9.17, 15) is 9.18 Å². The zero-order valence-electron chi connectivity index (χ0n) is 19.8. The summed E-state index contributed by atoms with van der Waals surface area (Å²) in [6.45, 7) is 10.5. The van der Waals surface area contributed by atoms with Gasteiger partial charge in [0.05, 0.1) is 19.3 Å². The molecule has 0 N–H and O–H groups in total. The van der Waals surface area contributed by atoms with Gasteiger partial charge < -0.3 is 14.4 Å². The number of benzene rings is 2. The zero-order valence-corrected chi connectivity index (χ0v) is 19.8. The largest absolute Gasteiger partial charge is 0.494 e. The first kappa shape index (κ1) is 23.7. The van der Waals surface area contributed by atoms with E-state index in [1.54, 1.807) is 6.07 Å². The first-order valence-electron chi connectivity index (χ1n) is 11.7. The number of hydrogen-bond acceptors (Lipinski definition) is 5. The van der Waals surface area contributed by atoms with Gasteiger partial charge in [-0.2, -0.15) is 0 Å². The van der Waals surface area contributed by atoms with Gasteiger partial charge in [-0.3, -0.25) is 14.6 Å². The molecule has 2 unspecified atom stereocenters. The van der Waals surface area contributed by atoms with Gasteiger partial charge in [0.25, 0.3) is 5.91 Å². The van der Waals surface area contributed by atoms with Crippen LogP contribution in [0.15, 0.2) is 42.5 Å². The maximum atomic E-state index is 13.9. The van der Waals surface area contributed by atoms with Crippen LogP contribution in [0.25, 0.3) is 0 Å². The van der Waals surface area contributed by atoms with Crippen LogP contribution in [-0.4, -0.2) is 79.2 Å². The quantitative estimate of drug-likeness (QED) is 0.668. The Balaban J connectivity index is 1.27. The highest BCUT2D eigenvalue weighted by Gasteiger charge is 2.24. The molecule has 2 atom stereocenters. The van der Waals surface area contributed by atoms with E-state index < -0.39 is 0 Å².